The average Bonchev–Trinajstić information content (AvgIpc) is 2.08. The van der Waals surface area contributed by atoms with Crippen LogP contribution in [0.4, 0.5) is 0 Å². The van der Waals surface area contributed by atoms with Crippen molar-refractivity contribution >= 4 is 0 Å². The molecule has 0 aromatic heterocycles. The van der Waals surface area contributed by atoms with E-state index >= 15 is 0 Å². The van der Waals surface area contributed by atoms with Crippen LogP contribution in [0, 0.1) is 23.2 Å². The second kappa shape index (κ2) is 2.98. The molecule has 4 aliphatic carbocycles. The highest BCUT2D eigenvalue weighted by Gasteiger charge is 2.52. The van der Waals surface area contributed by atoms with Gasteiger partial charge in [0.15, 0.2) is 0 Å². The van der Waals surface area contributed by atoms with Crippen molar-refractivity contribution < 1.29 is 0 Å². The summed E-state index contributed by atoms with van der Waals surface area (Å²) in [7, 11) is 0. The first-order chi connectivity index (χ1) is 6.70. The van der Waals surface area contributed by atoms with Gasteiger partial charge in [-0.25, -0.2) is 0 Å². The third-order valence-electron chi connectivity index (χ3n) is 5.02. The fourth-order valence-corrected chi connectivity index (χ4v) is 5.00. The van der Waals surface area contributed by atoms with E-state index < -0.39 is 0 Å². The van der Waals surface area contributed by atoms with Gasteiger partial charge in [-0.15, -0.1) is 0 Å². The molecule has 4 fully saturated rings. The summed E-state index contributed by atoms with van der Waals surface area (Å²) in [6, 6.07) is 0.879. The van der Waals surface area contributed by atoms with E-state index in [1.807, 2.05) is 0 Å². The van der Waals surface area contributed by atoms with Gasteiger partial charge in [-0.2, -0.15) is 0 Å². The summed E-state index contributed by atoms with van der Waals surface area (Å²) in [5.41, 5.74) is 0.739. The van der Waals surface area contributed by atoms with Gasteiger partial charge >= 0.3 is 0 Å². The monoisotopic (exact) mass is 193 g/mol. The number of hydrogen-bond donors (Lipinski definition) is 1. The molecular weight excluding hydrogens is 170 g/mol. The minimum absolute atomic E-state index is 0.739. The molecule has 0 spiro atoms. The van der Waals surface area contributed by atoms with Gasteiger partial charge in [0, 0.05) is 6.04 Å². The Morgan fingerprint density at radius 1 is 1.14 bits per heavy atom. The topological polar surface area (TPSA) is 12.0 Å². The Morgan fingerprint density at radius 2 is 1.79 bits per heavy atom. The van der Waals surface area contributed by atoms with Gasteiger partial charge in [-0.1, -0.05) is 13.8 Å². The highest BCUT2D eigenvalue weighted by atomic mass is 14.9. The molecule has 4 aliphatic rings. The molecule has 4 saturated carbocycles. The Kier molecular flexibility index (Phi) is 1.96. The summed E-state index contributed by atoms with van der Waals surface area (Å²) >= 11 is 0. The predicted molar refractivity (Wildman–Crippen MR) is 59.1 cm³/mol. The van der Waals surface area contributed by atoms with Crippen molar-refractivity contribution in [1.82, 2.24) is 5.32 Å². The van der Waals surface area contributed by atoms with E-state index in [0.29, 0.717) is 0 Å². The molecular formula is C13H23N. The summed E-state index contributed by atoms with van der Waals surface area (Å²) in [4.78, 5) is 0. The summed E-state index contributed by atoms with van der Waals surface area (Å²) in [5, 5.41) is 3.74. The van der Waals surface area contributed by atoms with Crippen LogP contribution in [0.25, 0.3) is 0 Å². The highest BCUT2D eigenvalue weighted by molar-refractivity contribution is 5.05. The lowest BCUT2D eigenvalue weighted by molar-refractivity contribution is -0.0660. The standard InChI is InChI=1S/C13H23N/c1-3-14-12-10-4-9-5-11(12)8-13(2,6-9)7-10/h9-12,14H,3-8H2,1-2H3. The molecule has 0 saturated heterocycles. The van der Waals surface area contributed by atoms with Crippen LogP contribution in [0.1, 0.15) is 46.0 Å². The van der Waals surface area contributed by atoms with E-state index in [9.17, 15) is 0 Å². The zero-order valence-electron chi connectivity index (χ0n) is 9.55. The maximum absolute atomic E-state index is 3.74. The molecule has 0 aliphatic heterocycles. The second-order valence-corrected chi connectivity index (χ2v) is 6.36. The molecule has 14 heavy (non-hydrogen) atoms. The second-order valence-electron chi connectivity index (χ2n) is 6.36. The molecule has 0 radical (unpaired) electrons. The summed E-state index contributed by atoms with van der Waals surface area (Å²) < 4.78 is 0. The van der Waals surface area contributed by atoms with Crippen LogP contribution in [0.3, 0.4) is 0 Å². The summed E-state index contributed by atoms with van der Waals surface area (Å²) in [6.45, 7) is 5.96. The van der Waals surface area contributed by atoms with Crippen molar-refractivity contribution in [2.45, 2.75) is 52.0 Å². The van der Waals surface area contributed by atoms with Crippen molar-refractivity contribution in [2.24, 2.45) is 23.2 Å². The Hall–Kier alpha value is -0.0400. The SMILES string of the molecule is CCNC1C2CC3CC1CC(C)(C3)C2. The minimum Gasteiger partial charge on any atom is -0.314 e. The van der Waals surface area contributed by atoms with Crippen molar-refractivity contribution in [2.75, 3.05) is 6.54 Å². The Morgan fingerprint density at radius 3 is 2.29 bits per heavy atom. The van der Waals surface area contributed by atoms with Crippen molar-refractivity contribution in [1.29, 1.82) is 0 Å². The Labute approximate surface area is 87.7 Å². The smallest absolute Gasteiger partial charge is 0.0124 e. The van der Waals surface area contributed by atoms with Crippen molar-refractivity contribution in [3.63, 3.8) is 0 Å². The third kappa shape index (κ3) is 1.25. The van der Waals surface area contributed by atoms with Crippen molar-refractivity contribution in [3.05, 3.63) is 0 Å². The lowest BCUT2D eigenvalue weighted by Gasteiger charge is -2.59. The van der Waals surface area contributed by atoms with Crippen LogP contribution in [-0.2, 0) is 0 Å². The van der Waals surface area contributed by atoms with E-state index in [1.165, 1.54) is 32.2 Å². The molecule has 80 valence electrons. The van der Waals surface area contributed by atoms with Crippen LogP contribution in [0.15, 0.2) is 0 Å². The van der Waals surface area contributed by atoms with Crippen LogP contribution in [-0.4, -0.2) is 12.6 Å². The van der Waals surface area contributed by atoms with Gasteiger partial charge in [-0.05, 0) is 61.8 Å². The lowest BCUT2D eigenvalue weighted by Crippen LogP contribution is -2.57. The molecule has 2 unspecified atom stereocenters. The minimum atomic E-state index is 0.739. The first kappa shape index (κ1) is 9.21. The molecule has 0 aromatic carbocycles. The van der Waals surface area contributed by atoms with Gasteiger partial charge in [0.25, 0.3) is 0 Å². The molecule has 0 heterocycles. The third-order valence-corrected chi connectivity index (χ3v) is 5.02. The maximum atomic E-state index is 3.74. The normalized spacial score (nSPS) is 55.3. The molecule has 4 bridgehead atoms. The quantitative estimate of drug-likeness (QED) is 0.711. The summed E-state index contributed by atoms with van der Waals surface area (Å²) in [6.07, 6.45) is 7.63. The van der Waals surface area contributed by atoms with Crippen molar-refractivity contribution in [3.8, 4) is 0 Å². The largest absolute Gasteiger partial charge is 0.314 e. The lowest BCUT2D eigenvalue weighted by atomic mass is 9.48. The van der Waals surface area contributed by atoms with Crippen LogP contribution < -0.4 is 5.32 Å². The Balaban J connectivity index is 1.82. The van der Waals surface area contributed by atoms with Crippen LogP contribution >= 0.6 is 0 Å². The molecule has 0 amide bonds. The molecule has 1 N–H and O–H groups in total. The van der Waals surface area contributed by atoms with Gasteiger partial charge in [0.05, 0.1) is 0 Å². The number of nitrogens with one attached hydrogen (secondary N) is 1. The average molecular weight is 193 g/mol. The number of hydrogen-bond acceptors (Lipinski definition) is 1. The van der Waals surface area contributed by atoms with Crippen LogP contribution in [0.2, 0.25) is 0 Å². The van der Waals surface area contributed by atoms with E-state index in [1.54, 1.807) is 6.42 Å². The van der Waals surface area contributed by atoms with E-state index in [4.69, 9.17) is 0 Å². The fraction of sp³-hybridized carbons (Fsp3) is 1.00. The molecule has 4 rings (SSSR count). The zero-order valence-corrected chi connectivity index (χ0v) is 9.55. The zero-order chi connectivity index (χ0) is 9.76. The molecule has 1 heteroatoms. The van der Waals surface area contributed by atoms with Gasteiger partial charge in [0.2, 0.25) is 0 Å². The van der Waals surface area contributed by atoms with E-state index in [0.717, 1.165) is 29.2 Å². The first-order valence-electron chi connectivity index (χ1n) is 6.43. The van der Waals surface area contributed by atoms with E-state index in [-0.39, 0.29) is 0 Å². The molecule has 0 aromatic rings. The van der Waals surface area contributed by atoms with Gasteiger partial charge in [-0.3, -0.25) is 0 Å². The summed E-state index contributed by atoms with van der Waals surface area (Å²) in [5.74, 6) is 3.13. The fourth-order valence-electron chi connectivity index (χ4n) is 5.00. The predicted octanol–water partition coefficient (Wildman–Crippen LogP) is 2.81. The first-order valence-corrected chi connectivity index (χ1v) is 6.43. The van der Waals surface area contributed by atoms with Gasteiger partial charge < -0.3 is 5.32 Å². The molecule has 2 atom stereocenters. The number of rotatable bonds is 2. The van der Waals surface area contributed by atoms with Crippen LogP contribution in [0.5, 0.6) is 0 Å². The molecule has 1 nitrogen and oxygen atoms in total. The van der Waals surface area contributed by atoms with Gasteiger partial charge in [0.1, 0.15) is 0 Å². The highest BCUT2D eigenvalue weighted by Crippen LogP contribution is 2.59. The van der Waals surface area contributed by atoms with E-state index in [2.05, 4.69) is 19.2 Å². The maximum Gasteiger partial charge on any atom is 0.0124 e. The Bertz CT molecular complexity index is 219.